The van der Waals surface area contributed by atoms with Gasteiger partial charge in [-0.15, -0.1) is 12.4 Å². The standard InChI is InChI=1S/C16H13NO.ClH/c18-16-14(10-12-4-3-9-17-11-12)8-7-13-5-1-2-6-15(13)16;/h1-6,9-11H,7-8H2;1H/b14-10+;. The van der Waals surface area contributed by atoms with Gasteiger partial charge < -0.3 is 0 Å². The van der Waals surface area contributed by atoms with E-state index in [0.29, 0.717) is 0 Å². The van der Waals surface area contributed by atoms with Crippen molar-refractivity contribution in [2.45, 2.75) is 12.8 Å². The van der Waals surface area contributed by atoms with Crippen molar-refractivity contribution >= 4 is 24.3 Å². The number of Topliss-reactive ketones (excluding diaryl/α,β-unsaturated/α-hetero) is 1. The van der Waals surface area contributed by atoms with Crippen molar-refractivity contribution in [3.63, 3.8) is 0 Å². The Morgan fingerprint density at radius 3 is 2.68 bits per heavy atom. The number of pyridine rings is 1. The number of nitrogens with zero attached hydrogens (tertiary/aromatic N) is 1. The van der Waals surface area contributed by atoms with Gasteiger partial charge >= 0.3 is 0 Å². The molecule has 2 nitrogen and oxygen atoms in total. The van der Waals surface area contributed by atoms with Gasteiger partial charge in [0.1, 0.15) is 0 Å². The molecule has 19 heavy (non-hydrogen) atoms. The minimum absolute atomic E-state index is 0. The average molecular weight is 272 g/mol. The number of hydrogen-bond acceptors (Lipinski definition) is 2. The minimum atomic E-state index is 0. The smallest absolute Gasteiger partial charge is 0.189 e. The quantitative estimate of drug-likeness (QED) is 0.740. The number of halogens is 1. The summed E-state index contributed by atoms with van der Waals surface area (Å²) in [6.07, 6.45) is 7.21. The zero-order valence-electron chi connectivity index (χ0n) is 10.4. The molecule has 1 aliphatic carbocycles. The highest BCUT2D eigenvalue weighted by atomic mass is 35.5. The van der Waals surface area contributed by atoms with E-state index < -0.39 is 0 Å². The van der Waals surface area contributed by atoms with E-state index in [9.17, 15) is 4.79 Å². The molecular weight excluding hydrogens is 258 g/mol. The Bertz CT molecular complexity index is 620. The van der Waals surface area contributed by atoms with Crippen molar-refractivity contribution in [1.82, 2.24) is 4.98 Å². The molecule has 0 fully saturated rings. The maximum Gasteiger partial charge on any atom is 0.189 e. The Balaban J connectivity index is 0.00000133. The number of allylic oxidation sites excluding steroid dienone is 1. The number of rotatable bonds is 1. The third kappa shape index (κ3) is 2.74. The highest BCUT2D eigenvalue weighted by Gasteiger charge is 2.20. The predicted molar refractivity (Wildman–Crippen MR) is 78.6 cm³/mol. The minimum Gasteiger partial charge on any atom is -0.289 e. The molecule has 1 aromatic carbocycles. The van der Waals surface area contributed by atoms with Gasteiger partial charge in [-0.05, 0) is 36.1 Å². The number of fused-ring (bicyclic) bond motifs is 1. The summed E-state index contributed by atoms with van der Waals surface area (Å²) in [6.45, 7) is 0. The second-order valence-corrected chi connectivity index (χ2v) is 4.44. The fourth-order valence-corrected chi connectivity index (χ4v) is 2.32. The van der Waals surface area contributed by atoms with Crippen LogP contribution in [0.25, 0.3) is 6.08 Å². The third-order valence-corrected chi connectivity index (χ3v) is 3.24. The van der Waals surface area contributed by atoms with Gasteiger partial charge in [-0.1, -0.05) is 30.3 Å². The predicted octanol–water partition coefficient (Wildman–Crippen LogP) is 3.72. The molecule has 0 radical (unpaired) electrons. The van der Waals surface area contributed by atoms with E-state index >= 15 is 0 Å². The van der Waals surface area contributed by atoms with E-state index in [4.69, 9.17) is 0 Å². The van der Waals surface area contributed by atoms with Crippen molar-refractivity contribution in [2.75, 3.05) is 0 Å². The molecule has 2 aromatic rings. The summed E-state index contributed by atoms with van der Waals surface area (Å²) in [5.74, 6) is 0.153. The summed E-state index contributed by atoms with van der Waals surface area (Å²) in [6, 6.07) is 11.7. The summed E-state index contributed by atoms with van der Waals surface area (Å²) in [5, 5.41) is 0. The summed E-state index contributed by atoms with van der Waals surface area (Å²) in [7, 11) is 0. The lowest BCUT2D eigenvalue weighted by atomic mass is 9.86. The van der Waals surface area contributed by atoms with Crippen LogP contribution < -0.4 is 0 Å². The number of carbonyl (C=O) groups excluding carboxylic acids is 1. The second-order valence-electron chi connectivity index (χ2n) is 4.44. The normalized spacial score (nSPS) is 15.8. The molecule has 0 atom stereocenters. The number of aromatic nitrogens is 1. The molecule has 0 saturated heterocycles. The van der Waals surface area contributed by atoms with Crippen LogP contribution in [0, 0.1) is 0 Å². The average Bonchev–Trinajstić information content (AvgIpc) is 2.43. The van der Waals surface area contributed by atoms with Crippen LogP contribution in [0.5, 0.6) is 0 Å². The monoisotopic (exact) mass is 271 g/mol. The Labute approximate surface area is 118 Å². The Kier molecular flexibility index (Phi) is 4.13. The molecule has 0 aliphatic heterocycles. The summed E-state index contributed by atoms with van der Waals surface area (Å²) in [5.41, 5.74) is 3.87. The lowest BCUT2D eigenvalue weighted by Gasteiger charge is -2.17. The van der Waals surface area contributed by atoms with Crippen LogP contribution in [0.15, 0.2) is 54.4 Å². The lowest BCUT2D eigenvalue weighted by molar-refractivity contribution is 0.102. The molecule has 0 spiro atoms. The number of carbonyl (C=O) groups is 1. The first-order valence-electron chi connectivity index (χ1n) is 6.08. The van der Waals surface area contributed by atoms with Crippen LogP contribution >= 0.6 is 12.4 Å². The largest absolute Gasteiger partial charge is 0.289 e. The molecule has 1 aromatic heterocycles. The zero-order valence-corrected chi connectivity index (χ0v) is 11.2. The Morgan fingerprint density at radius 2 is 1.89 bits per heavy atom. The second kappa shape index (κ2) is 5.81. The fourth-order valence-electron chi connectivity index (χ4n) is 2.32. The molecule has 0 bridgehead atoms. The zero-order chi connectivity index (χ0) is 12.4. The molecular formula is C16H14ClNO. The van der Waals surface area contributed by atoms with Crippen molar-refractivity contribution < 1.29 is 4.79 Å². The first kappa shape index (κ1) is 13.5. The van der Waals surface area contributed by atoms with Gasteiger partial charge in [0.05, 0.1) is 0 Å². The van der Waals surface area contributed by atoms with E-state index in [0.717, 1.165) is 35.1 Å². The van der Waals surface area contributed by atoms with Gasteiger partial charge in [0.15, 0.2) is 5.78 Å². The fraction of sp³-hybridized carbons (Fsp3) is 0.125. The van der Waals surface area contributed by atoms with Gasteiger partial charge in [-0.2, -0.15) is 0 Å². The van der Waals surface area contributed by atoms with E-state index in [2.05, 4.69) is 4.98 Å². The van der Waals surface area contributed by atoms with Gasteiger partial charge in [-0.25, -0.2) is 0 Å². The maximum absolute atomic E-state index is 12.3. The molecule has 0 amide bonds. The van der Waals surface area contributed by atoms with E-state index in [1.807, 2.05) is 42.5 Å². The van der Waals surface area contributed by atoms with Crippen LogP contribution in [-0.4, -0.2) is 10.8 Å². The van der Waals surface area contributed by atoms with E-state index in [1.165, 1.54) is 0 Å². The van der Waals surface area contributed by atoms with Gasteiger partial charge in [-0.3, -0.25) is 9.78 Å². The molecule has 0 N–H and O–H groups in total. The van der Waals surface area contributed by atoms with Crippen LogP contribution in [-0.2, 0) is 6.42 Å². The van der Waals surface area contributed by atoms with Crippen molar-refractivity contribution in [3.8, 4) is 0 Å². The molecule has 1 aliphatic rings. The van der Waals surface area contributed by atoms with Gasteiger partial charge in [0.2, 0.25) is 0 Å². The first-order chi connectivity index (χ1) is 8.84. The van der Waals surface area contributed by atoms with Gasteiger partial charge in [0, 0.05) is 23.5 Å². The molecule has 0 saturated carbocycles. The highest BCUT2D eigenvalue weighted by molar-refractivity contribution is 6.13. The number of aryl methyl sites for hydroxylation is 1. The van der Waals surface area contributed by atoms with Gasteiger partial charge in [0.25, 0.3) is 0 Å². The summed E-state index contributed by atoms with van der Waals surface area (Å²) >= 11 is 0. The van der Waals surface area contributed by atoms with Crippen molar-refractivity contribution in [3.05, 3.63) is 71.1 Å². The van der Waals surface area contributed by atoms with Crippen LogP contribution in [0.3, 0.4) is 0 Å². The molecule has 3 rings (SSSR count). The van der Waals surface area contributed by atoms with E-state index in [-0.39, 0.29) is 18.2 Å². The highest BCUT2D eigenvalue weighted by Crippen LogP contribution is 2.26. The van der Waals surface area contributed by atoms with E-state index in [1.54, 1.807) is 12.4 Å². The number of ketones is 1. The van der Waals surface area contributed by atoms with Crippen molar-refractivity contribution in [1.29, 1.82) is 0 Å². The molecule has 96 valence electrons. The maximum atomic E-state index is 12.3. The van der Waals surface area contributed by atoms with Crippen LogP contribution in [0.1, 0.15) is 27.9 Å². The lowest BCUT2D eigenvalue weighted by Crippen LogP contribution is -2.13. The van der Waals surface area contributed by atoms with Crippen molar-refractivity contribution in [2.24, 2.45) is 0 Å². The van der Waals surface area contributed by atoms with Crippen LogP contribution in [0.2, 0.25) is 0 Å². The summed E-state index contributed by atoms with van der Waals surface area (Å²) in [4.78, 5) is 16.4. The first-order valence-corrected chi connectivity index (χ1v) is 6.08. The summed E-state index contributed by atoms with van der Waals surface area (Å²) < 4.78 is 0. The SMILES string of the molecule is Cl.O=C1/C(=C/c2cccnc2)CCc2ccccc21. The molecule has 3 heteroatoms. The number of benzene rings is 1. The number of hydrogen-bond donors (Lipinski definition) is 0. The Morgan fingerprint density at radius 1 is 1.05 bits per heavy atom. The molecule has 0 unspecified atom stereocenters. The molecule has 1 heterocycles. The Hall–Kier alpha value is -1.93. The van der Waals surface area contributed by atoms with Crippen LogP contribution in [0.4, 0.5) is 0 Å². The third-order valence-electron chi connectivity index (χ3n) is 3.24. The topological polar surface area (TPSA) is 30.0 Å².